The molecule has 1 heterocycles. The molecule has 0 radical (unpaired) electrons. The van der Waals surface area contributed by atoms with Gasteiger partial charge >= 0.3 is 5.97 Å². The molecular weight excluding hydrogens is 284 g/mol. The van der Waals surface area contributed by atoms with Crippen LogP contribution in [0.2, 0.25) is 0 Å². The molecule has 2 rings (SSSR count). The second-order valence-electron chi connectivity index (χ2n) is 4.73. The van der Waals surface area contributed by atoms with Crippen molar-refractivity contribution in [3.63, 3.8) is 0 Å². The molecule has 1 atom stereocenters. The summed E-state index contributed by atoms with van der Waals surface area (Å²) in [5.41, 5.74) is 4.17. The minimum atomic E-state index is -3.73. The van der Waals surface area contributed by atoms with Gasteiger partial charge < -0.3 is 15.6 Å². The Morgan fingerprint density at radius 1 is 1.40 bits per heavy atom. The van der Waals surface area contributed by atoms with E-state index in [0.29, 0.717) is 5.75 Å². The number of rotatable bonds is 4. The molecular formula is C12H16N2O5S. The molecule has 1 aromatic carbocycles. The number of aliphatic carboxylic acids is 1. The number of sulfonamides is 1. The Hall–Kier alpha value is -1.64. The number of hydrogen-bond acceptors (Lipinski definition) is 5. The number of carboxylic acid groups (broad SMARTS) is 1. The number of carboxylic acids is 1. The van der Waals surface area contributed by atoms with E-state index in [9.17, 15) is 13.2 Å². The van der Waals surface area contributed by atoms with Crippen LogP contribution < -0.4 is 10.5 Å². The smallest absolute Gasteiger partial charge is 0.325 e. The average molecular weight is 300 g/mol. The highest BCUT2D eigenvalue weighted by molar-refractivity contribution is 7.89. The van der Waals surface area contributed by atoms with Crippen molar-refractivity contribution >= 4 is 16.0 Å². The molecule has 110 valence electrons. The van der Waals surface area contributed by atoms with E-state index >= 15 is 0 Å². The van der Waals surface area contributed by atoms with E-state index in [-0.39, 0.29) is 24.4 Å². The molecule has 8 heteroatoms. The standard InChI is InChI=1S/C12H16N2O5S/c1-19-9-2-4-10(5-3-9)20(17,18)14-7-6-12(13,8-14)11(15)16/h2-5H,6-8,13H2,1H3,(H,15,16). The number of nitrogens with zero attached hydrogens (tertiary/aromatic N) is 1. The summed E-state index contributed by atoms with van der Waals surface area (Å²) in [6, 6.07) is 5.92. The number of nitrogens with two attached hydrogens (primary N) is 1. The van der Waals surface area contributed by atoms with Crippen LogP contribution in [0.3, 0.4) is 0 Å². The number of ether oxygens (including phenoxy) is 1. The summed E-state index contributed by atoms with van der Waals surface area (Å²) in [6.45, 7) is -0.131. The summed E-state index contributed by atoms with van der Waals surface area (Å²) in [5.74, 6) is -0.644. The van der Waals surface area contributed by atoms with Crippen LogP contribution in [0.4, 0.5) is 0 Å². The maximum Gasteiger partial charge on any atom is 0.325 e. The molecule has 0 aliphatic carbocycles. The first-order valence-corrected chi connectivity index (χ1v) is 7.40. The molecule has 0 spiro atoms. The monoisotopic (exact) mass is 300 g/mol. The molecule has 0 aromatic heterocycles. The Labute approximate surface area is 117 Å². The van der Waals surface area contributed by atoms with Crippen molar-refractivity contribution in [2.24, 2.45) is 5.73 Å². The van der Waals surface area contributed by atoms with E-state index in [1.807, 2.05) is 0 Å². The molecule has 1 aliphatic heterocycles. The maximum absolute atomic E-state index is 12.4. The summed E-state index contributed by atoms with van der Waals surface area (Å²) in [6.07, 6.45) is 0.0950. The summed E-state index contributed by atoms with van der Waals surface area (Å²) < 4.78 is 30.8. The Morgan fingerprint density at radius 2 is 2.00 bits per heavy atom. The third-order valence-electron chi connectivity index (χ3n) is 3.39. The lowest BCUT2D eigenvalue weighted by molar-refractivity contribution is -0.142. The fraction of sp³-hybridized carbons (Fsp3) is 0.417. The molecule has 0 saturated carbocycles. The van der Waals surface area contributed by atoms with E-state index in [2.05, 4.69) is 0 Å². The summed E-state index contributed by atoms with van der Waals surface area (Å²) >= 11 is 0. The average Bonchev–Trinajstić information content (AvgIpc) is 2.84. The lowest BCUT2D eigenvalue weighted by atomic mass is 10.0. The minimum absolute atomic E-state index is 0.0907. The summed E-state index contributed by atoms with van der Waals surface area (Å²) in [4.78, 5) is 11.1. The van der Waals surface area contributed by atoms with Gasteiger partial charge in [0.15, 0.2) is 0 Å². The van der Waals surface area contributed by atoms with Crippen molar-refractivity contribution in [2.75, 3.05) is 20.2 Å². The number of carbonyl (C=O) groups is 1. The SMILES string of the molecule is COc1ccc(S(=O)(=O)N2CCC(N)(C(=O)O)C2)cc1. The summed E-state index contributed by atoms with van der Waals surface area (Å²) in [7, 11) is -2.25. The van der Waals surface area contributed by atoms with Crippen LogP contribution in [0.25, 0.3) is 0 Å². The van der Waals surface area contributed by atoms with Crippen molar-refractivity contribution in [3.05, 3.63) is 24.3 Å². The first kappa shape index (κ1) is 14.8. The van der Waals surface area contributed by atoms with Crippen molar-refractivity contribution in [3.8, 4) is 5.75 Å². The lowest BCUT2D eigenvalue weighted by Gasteiger charge is -2.20. The van der Waals surface area contributed by atoms with Gasteiger partial charge in [0.2, 0.25) is 10.0 Å². The maximum atomic E-state index is 12.4. The van der Waals surface area contributed by atoms with E-state index in [1.165, 1.54) is 31.4 Å². The molecule has 1 fully saturated rings. The van der Waals surface area contributed by atoms with Gasteiger partial charge in [0, 0.05) is 13.1 Å². The topological polar surface area (TPSA) is 110 Å². The fourth-order valence-electron chi connectivity index (χ4n) is 2.07. The van der Waals surface area contributed by atoms with E-state index in [0.717, 1.165) is 4.31 Å². The molecule has 3 N–H and O–H groups in total. The van der Waals surface area contributed by atoms with Crippen molar-refractivity contribution in [1.82, 2.24) is 4.31 Å². The van der Waals surface area contributed by atoms with Gasteiger partial charge in [-0.25, -0.2) is 8.42 Å². The van der Waals surface area contributed by atoms with Crippen LogP contribution in [0.15, 0.2) is 29.2 Å². The predicted molar refractivity (Wildman–Crippen MR) is 70.9 cm³/mol. The van der Waals surface area contributed by atoms with Crippen molar-refractivity contribution in [1.29, 1.82) is 0 Å². The number of hydrogen-bond donors (Lipinski definition) is 2. The Balaban J connectivity index is 2.25. The molecule has 0 bridgehead atoms. The molecule has 1 unspecified atom stereocenters. The first-order valence-electron chi connectivity index (χ1n) is 5.96. The Kier molecular flexibility index (Phi) is 3.72. The van der Waals surface area contributed by atoms with Crippen LogP contribution in [0, 0.1) is 0 Å². The van der Waals surface area contributed by atoms with Gasteiger partial charge in [0.1, 0.15) is 11.3 Å². The zero-order chi connectivity index (χ0) is 15.0. The quantitative estimate of drug-likeness (QED) is 0.801. The third kappa shape index (κ3) is 2.49. The highest BCUT2D eigenvalue weighted by Gasteiger charge is 2.45. The van der Waals surface area contributed by atoms with Gasteiger partial charge in [-0.05, 0) is 30.7 Å². The highest BCUT2D eigenvalue weighted by atomic mass is 32.2. The van der Waals surface area contributed by atoms with Crippen LogP contribution in [-0.4, -0.2) is 49.5 Å². The highest BCUT2D eigenvalue weighted by Crippen LogP contribution is 2.26. The predicted octanol–water partition coefficient (Wildman–Crippen LogP) is -0.128. The molecule has 1 aliphatic rings. The first-order chi connectivity index (χ1) is 9.29. The second-order valence-corrected chi connectivity index (χ2v) is 6.66. The van der Waals surface area contributed by atoms with Gasteiger partial charge in [-0.3, -0.25) is 4.79 Å². The Morgan fingerprint density at radius 3 is 2.45 bits per heavy atom. The van der Waals surface area contributed by atoms with Crippen LogP contribution in [-0.2, 0) is 14.8 Å². The zero-order valence-electron chi connectivity index (χ0n) is 10.9. The molecule has 1 aromatic rings. The zero-order valence-corrected chi connectivity index (χ0v) is 11.8. The van der Waals surface area contributed by atoms with E-state index in [4.69, 9.17) is 15.6 Å². The normalized spacial score (nSPS) is 23.7. The molecule has 1 saturated heterocycles. The second kappa shape index (κ2) is 5.04. The Bertz CT molecular complexity index is 613. The lowest BCUT2D eigenvalue weighted by Crippen LogP contribution is -2.50. The third-order valence-corrected chi connectivity index (χ3v) is 5.25. The number of benzene rings is 1. The van der Waals surface area contributed by atoms with E-state index in [1.54, 1.807) is 0 Å². The molecule has 0 amide bonds. The van der Waals surface area contributed by atoms with Gasteiger partial charge in [-0.15, -0.1) is 0 Å². The van der Waals surface area contributed by atoms with Crippen LogP contribution in [0.1, 0.15) is 6.42 Å². The van der Waals surface area contributed by atoms with Crippen LogP contribution in [0.5, 0.6) is 5.75 Å². The van der Waals surface area contributed by atoms with Gasteiger partial charge in [-0.1, -0.05) is 0 Å². The summed E-state index contributed by atoms with van der Waals surface area (Å²) in [5, 5.41) is 9.03. The number of methoxy groups -OCH3 is 1. The minimum Gasteiger partial charge on any atom is -0.497 e. The van der Waals surface area contributed by atoms with E-state index < -0.39 is 21.5 Å². The van der Waals surface area contributed by atoms with Gasteiger partial charge in [-0.2, -0.15) is 4.31 Å². The van der Waals surface area contributed by atoms with Gasteiger partial charge in [0.05, 0.1) is 12.0 Å². The van der Waals surface area contributed by atoms with Gasteiger partial charge in [0.25, 0.3) is 0 Å². The fourth-order valence-corrected chi connectivity index (χ4v) is 3.58. The van der Waals surface area contributed by atoms with Crippen molar-refractivity contribution < 1.29 is 23.1 Å². The molecule has 20 heavy (non-hydrogen) atoms. The largest absolute Gasteiger partial charge is 0.497 e. The van der Waals surface area contributed by atoms with Crippen LogP contribution >= 0.6 is 0 Å². The van der Waals surface area contributed by atoms with Crippen molar-refractivity contribution in [2.45, 2.75) is 16.9 Å². The molecule has 7 nitrogen and oxygen atoms in total.